The molecule has 0 aliphatic carbocycles. The third-order valence-electron chi connectivity index (χ3n) is 5.42. The van der Waals surface area contributed by atoms with Gasteiger partial charge in [0, 0.05) is 47.0 Å². The van der Waals surface area contributed by atoms with Gasteiger partial charge in [-0.1, -0.05) is 6.92 Å². The van der Waals surface area contributed by atoms with Gasteiger partial charge in [0.25, 0.3) is 0 Å². The van der Waals surface area contributed by atoms with E-state index >= 15 is 0 Å². The Morgan fingerprint density at radius 2 is 2.10 bits per heavy atom. The fraction of sp³-hybridized carbons (Fsp3) is 0.217. The maximum atomic E-state index is 9.26. The van der Waals surface area contributed by atoms with E-state index in [-0.39, 0.29) is 0 Å². The topological polar surface area (TPSA) is 70.6 Å². The van der Waals surface area contributed by atoms with Crippen LogP contribution in [0.25, 0.3) is 16.5 Å². The minimum Gasteiger partial charge on any atom is -0.341 e. The second kappa shape index (κ2) is 7.39. The maximum absolute atomic E-state index is 9.26. The van der Waals surface area contributed by atoms with Crippen molar-refractivity contribution in [2.24, 2.45) is 0 Å². The summed E-state index contributed by atoms with van der Waals surface area (Å²) in [5.41, 5.74) is 7.22. The average molecular weight is 413 g/mol. The SMILES string of the molecule is CCc1cc(C#N)ccc1N1CCc2c1cc(C)nc2-n1ccc(-c2nccs2)n1. The summed E-state index contributed by atoms with van der Waals surface area (Å²) in [5.74, 6) is 0.877. The van der Waals surface area contributed by atoms with Crippen LogP contribution in [0.15, 0.2) is 48.1 Å². The molecule has 0 N–H and O–H groups in total. The molecule has 1 aliphatic heterocycles. The van der Waals surface area contributed by atoms with E-state index in [0.717, 1.165) is 47.3 Å². The highest BCUT2D eigenvalue weighted by atomic mass is 32.1. The smallest absolute Gasteiger partial charge is 0.158 e. The average Bonchev–Trinajstić information content (AvgIpc) is 3.52. The Balaban J connectivity index is 1.59. The zero-order valence-electron chi connectivity index (χ0n) is 16.8. The molecule has 0 unspecified atom stereocenters. The van der Waals surface area contributed by atoms with Crippen molar-refractivity contribution in [3.8, 4) is 22.6 Å². The third kappa shape index (κ3) is 3.06. The van der Waals surface area contributed by atoms with Gasteiger partial charge < -0.3 is 4.90 Å². The maximum Gasteiger partial charge on any atom is 0.158 e. The van der Waals surface area contributed by atoms with E-state index in [4.69, 9.17) is 10.1 Å². The van der Waals surface area contributed by atoms with Crippen LogP contribution in [0.5, 0.6) is 0 Å². The summed E-state index contributed by atoms with van der Waals surface area (Å²) in [7, 11) is 0. The molecule has 30 heavy (non-hydrogen) atoms. The summed E-state index contributed by atoms with van der Waals surface area (Å²) in [5, 5.41) is 16.9. The molecule has 4 aromatic rings. The molecule has 0 saturated carbocycles. The first-order valence-electron chi connectivity index (χ1n) is 9.95. The van der Waals surface area contributed by atoms with Crippen LogP contribution in [-0.2, 0) is 12.8 Å². The number of aromatic nitrogens is 4. The monoisotopic (exact) mass is 412 g/mol. The van der Waals surface area contributed by atoms with Crippen molar-refractivity contribution >= 4 is 22.7 Å². The molecule has 0 spiro atoms. The molecular formula is C23H20N6S. The Morgan fingerprint density at radius 1 is 1.20 bits per heavy atom. The summed E-state index contributed by atoms with van der Waals surface area (Å²) < 4.78 is 1.87. The van der Waals surface area contributed by atoms with Crippen LogP contribution < -0.4 is 4.90 Å². The Kier molecular flexibility index (Phi) is 4.57. The van der Waals surface area contributed by atoms with Gasteiger partial charge in [-0.2, -0.15) is 10.4 Å². The van der Waals surface area contributed by atoms with Gasteiger partial charge in [0.05, 0.1) is 11.6 Å². The van der Waals surface area contributed by atoms with Crippen molar-refractivity contribution < 1.29 is 0 Å². The first-order valence-corrected chi connectivity index (χ1v) is 10.8. The van der Waals surface area contributed by atoms with E-state index in [1.165, 1.54) is 16.8 Å². The highest BCUT2D eigenvalue weighted by Gasteiger charge is 2.27. The van der Waals surface area contributed by atoms with Crippen LogP contribution in [0.3, 0.4) is 0 Å². The minimum absolute atomic E-state index is 0.702. The lowest BCUT2D eigenvalue weighted by atomic mass is 10.1. The number of rotatable bonds is 4. The molecule has 0 amide bonds. The molecule has 7 heteroatoms. The lowest BCUT2D eigenvalue weighted by Crippen LogP contribution is -2.15. The zero-order valence-corrected chi connectivity index (χ0v) is 17.6. The fourth-order valence-electron chi connectivity index (χ4n) is 4.04. The molecule has 6 nitrogen and oxygen atoms in total. The zero-order chi connectivity index (χ0) is 20.7. The lowest BCUT2D eigenvalue weighted by molar-refractivity contribution is 0.829. The fourth-order valence-corrected chi connectivity index (χ4v) is 4.64. The lowest BCUT2D eigenvalue weighted by Gasteiger charge is -2.23. The van der Waals surface area contributed by atoms with Crippen LogP contribution in [-0.4, -0.2) is 26.3 Å². The van der Waals surface area contributed by atoms with Gasteiger partial charge in [-0.15, -0.1) is 11.3 Å². The standard InChI is InChI=1S/C23H20N6S/c1-3-17-13-16(14-24)4-5-20(17)28-9-6-18-21(28)12-15(2)26-22(18)29-10-7-19(27-29)23-25-8-11-30-23/h4-5,7-8,10-13H,3,6,9H2,1-2H3. The first kappa shape index (κ1) is 18.5. The highest BCUT2D eigenvalue weighted by Crippen LogP contribution is 2.39. The van der Waals surface area contributed by atoms with Crippen molar-refractivity contribution in [2.45, 2.75) is 26.7 Å². The molecule has 1 aliphatic rings. The van der Waals surface area contributed by atoms with E-state index in [1.807, 2.05) is 41.4 Å². The van der Waals surface area contributed by atoms with Crippen LogP contribution in [0.2, 0.25) is 0 Å². The molecular weight excluding hydrogens is 392 g/mol. The van der Waals surface area contributed by atoms with Crippen molar-refractivity contribution in [2.75, 3.05) is 11.4 Å². The summed E-state index contributed by atoms with van der Waals surface area (Å²) in [6.45, 7) is 5.03. The van der Waals surface area contributed by atoms with Gasteiger partial charge in [-0.3, -0.25) is 0 Å². The van der Waals surface area contributed by atoms with Gasteiger partial charge in [0.15, 0.2) is 5.82 Å². The number of hydrogen-bond acceptors (Lipinski definition) is 6. The molecule has 0 bridgehead atoms. The van der Waals surface area contributed by atoms with Gasteiger partial charge in [0.1, 0.15) is 10.7 Å². The van der Waals surface area contributed by atoms with E-state index in [1.54, 1.807) is 17.5 Å². The molecule has 5 rings (SSSR count). The summed E-state index contributed by atoms with van der Waals surface area (Å²) >= 11 is 1.58. The van der Waals surface area contributed by atoms with Gasteiger partial charge in [-0.25, -0.2) is 14.6 Å². The number of hydrogen-bond donors (Lipinski definition) is 0. The van der Waals surface area contributed by atoms with Crippen LogP contribution >= 0.6 is 11.3 Å². The quantitative estimate of drug-likeness (QED) is 0.480. The summed E-state index contributed by atoms with van der Waals surface area (Å²) in [4.78, 5) is 11.5. The number of fused-ring (bicyclic) bond motifs is 1. The molecule has 4 heterocycles. The molecule has 0 fully saturated rings. The third-order valence-corrected chi connectivity index (χ3v) is 6.22. The van der Waals surface area contributed by atoms with E-state index < -0.39 is 0 Å². The van der Waals surface area contributed by atoms with E-state index in [2.05, 4.69) is 35.0 Å². The molecule has 0 radical (unpaired) electrons. The number of aryl methyl sites for hydroxylation is 2. The largest absolute Gasteiger partial charge is 0.341 e. The second-order valence-electron chi connectivity index (χ2n) is 7.28. The van der Waals surface area contributed by atoms with E-state index in [0.29, 0.717) is 5.56 Å². The van der Waals surface area contributed by atoms with Crippen LogP contribution in [0.1, 0.15) is 29.3 Å². The number of nitriles is 1. The predicted molar refractivity (Wildman–Crippen MR) is 118 cm³/mol. The number of benzene rings is 1. The Bertz CT molecular complexity index is 1270. The van der Waals surface area contributed by atoms with Crippen molar-refractivity contribution in [1.29, 1.82) is 5.26 Å². The van der Waals surface area contributed by atoms with Gasteiger partial charge in [-0.05, 0) is 55.7 Å². The summed E-state index contributed by atoms with van der Waals surface area (Å²) in [6.07, 6.45) is 5.53. The minimum atomic E-state index is 0.702. The molecule has 3 aromatic heterocycles. The Morgan fingerprint density at radius 3 is 2.87 bits per heavy atom. The number of pyridine rings is 1. The van der Waals surface area contributed by atoms with Crippen molar-refractivity contribution in [1.82, 2.24) is 19.7 Å². The first-order chi connectivity index (χ1) is 14.7. The molecule has 1 aromatic carbocycles. The Hall–Kier alpha value is -3.50. The van der Waals surface area contributed by atoms with Crippen molar-refractivity contribution in [3.63, 3.8) is 0 Å². The van der Waals surface area contributed by atoms with Gasteiger partial charge >= 0.3 is 0 Å². The van der Waals surface area contributed by atoms with Crippen LogP contribution in [0, 0.1) is 18.3 Å². The normalized spacial score (nSPS) is 12.8. The van der Waals surface area contributed by atoms with E-state index in [9.17, 15) is 5.26 Å². The van der Waals surface area contributed by atoms with Crippen LogP contribution in [0.4, 0.5) is 11.4 Å². The second-order valence-corrected chi connectivity index (χ2v) is 8.17. The number of nitrogens with zero attached hydrogens (tertiary/aromatic N) is 6. The number of thiazole rings is 1. The molecule has 0 saturated heterocycles. The van der Waals surface area contributed by atoms with Crippen molar-refractivity contribution in [3.05, 3.63) is 70.5 Å². The predicted octanol–water partition coefficient (Wildman–Crippen LogP) is 4.83. The highest BCUT2D eigenvalue weighted by molar-refractivity contribution is 7.13. The van der Waals surface area contributed by atoms with Gasteiger partial charge in [0.2, 0.25) is 0 Å². The molecule has 0 atom stereocenters. The summed E-state index contributed by atoms with van der Waals surface area (Å²) in [6, 6.07) is 12.3. The number of anilines is 2. The molecule has 148 valence electrons. The Labute approximate surface area is 179 Å².